The first-order valence-electron chi connectivity index (χ1n) is 9.62. The maximum atomic E-state index is 12.3. The Labute approximate surface area is 165 Å². The number of hydrogen-bond acceptors (Lipinski definition) is 3. The molecule has 0 unspecified atom stereocenters. The molecule has 0 aromatic heterocycles. The van der Waals surface area contributed by atoms with E-state index in [4.69, 9.17) is 9.84 Å². The molecule has 2 aromatic carbocycles. The minimum absolute atomic E-state index is 0.0925. The Hall–Kier alpha value is -2.86. The summed E-state index contributed by atoms with van der Waals surface area (Å²) in [5.74, 6) is -0.954. The molecule has 1 aliphatic heterocycles. The smallest absolute Gasteiger partial charge is 0.335 e. The van der Waals surface area contributed by atoms with E-state index in [9.17, 15) is 9.59 Å². The minimum Gasteiger partial charge on any atom is -0.478 e. The third-order valence-corrected chi connectivity index (χ3v) is 4.96. The van der Waals surface area contributed by atoms with Gasteiger partial charge < -0.3 is 20.1 Å². The molecular weight excluding hydrogens is 356 g/mol. The zero-order chi connectivity index (χ0) is 19.8. The molecule has 1 heterocycles. The highest BCUT2D eigenvalue weighted by Gasteiger charge is 2.23. The molecule has 6 heteroatoms. The molecule has 0 atom stereocenters. The lowest BCUT2D eigenvalue weighted by atomic mass is 10.1. The fourth-order valence-electron chi connectivity index (χ4n) is 3.27. The third kappa shape index (κ3) is 5.82. The van der Waals surface area contributed by atoms with Crippen LogP contribution in [0.15, 0.2) is 54.6 Å². The van der Waals surface area contributed by atoms with Crippen molar-refractivity contribution in [2.45, 2.75) is 31.9 Å². The van der Waals surface area contributed by atoms with Gasteiger partial charge >= 0.3 is 12.0 Å². The summed E-state index contributed by atoms with van der Waals surface area (Å²) >= 11 is 0. The Morgan fingerprint density at radius 1 is 1.00 bits per heavy atom. The Morgan fingerprint density at radius 3 is 2.32 bits per heavy atom. The van der Waals surface area contributed by atoms with Crippen LogP contribution in [0, 0.1) is 0 Å². The molecule has 3 rings (SSSR count). The number of hydrogen-bond donors (Lipinski definition) is 2. The topological polar surface area (TPSA) is 78.9 Å². The van der Waals surface area contributed by atoms with Crippen molar-refractivity contribution in [3.05, 3.63) is 71.3 Å². The highest BCUT2D eigenvalue weighted by Crippen LogP contribution is 2.15. The quantitative estimate of drug-likeness (QED) is 0.770. The Morgan fingerprint density at radius 2 is 1.68 bits per heavy atom. The van der Waals surface area contributed by atoms with Crippen LogP contribution in [-0.2, 0) is 17.7 Å². The van der Waals surface area contributed by atoms with Gasteiger partial charge in [0, 0.05) is 19.6 Å². The maximum absolute atomic E-state index is 12.3. The average molecular weight is 382 g/mol. The van der Waals surface area contributed by atoms with E-state index in [1.54, 1.807) is 24.3 Å². The van der Waals surface area contributed by atoms with Crippen molar-refractivity contribution in [3.8, 4) is 0 Å². The van der Waals surface area contributed by atoms with Crippen molar-refractivity contribution in [2.75, 3.05) is 19.7 Å². The lowest BCUT2D eigenvalue weighted by Crippen LogP contribution is -2.45. The van der Waals surface area contributed by atoms with Gasteiger partial charge in [0.25, 0.3) is 0 Å². The number of amides is 2. The van der Waals surface area contributed by atoms with Crippen molar-refractivity contribution in [2.24, 2.45) is 0 Å². The molecule has 0 spiro atoms. The van der Waals surface area contributed by atoms with Gasteiger partial charge in [-0.1, -0.05) is 42.5 Å². The van der Waals surface area contributed by atoms with Gasteiger partial charge in [0.05, 0.1) is 18.3 Å². The van der Waals surface area contributed by atoms with Crippen molar-refractivity contribution in [1.82, 2.24) is 10.2 Å². The van der Waals surface area contributed by atoms with E-state index in [1.807, 2.05) is 23.1 Å². The second-order valence-electron chi connectivity index (χ2n) is 6.95. The Kier molecular flexibility index (Phi) is 7.03. The SMILES string of the molecule is O=C(O)c1ccc(CNC(=O)N2CCC(OCCc3ccccc3)CC2)cc1. The second kappa shape index (κ2) is 9.90. The number of carbonyl (C=O) groups excluding carboxylic acids is 1. The van der Waals surface area contributed by atoms with Crippen LogP contribution in [0.4, 0.5) is 4.79 Å². The molecular formula is C22H26N2O4. The number of carbonyl (C=O) groups is 2. The van der Waals surface area contributed by atoms with Crippen LogP contribution in [0.3, 0.4) is 0 Å². The summed E-state index contributed by atoms with van der Waals surface area (Å²) in [5.41, 5.74) is 2.39. The number of nitrogens with one attached hydrogen (secondary N) is 1. The number of benzene rings is 2. The normalized spacial score (nSPS) is 14.6. The largest absolute Gasteiger partial charge is 0.478 e. The standard InChI is InChI=1S/C22H26N2O4/c25-21(26)19-8-6-18(7-9-19)16-23-22(27)24-13-10-20(11-14-24)28-15-12-17-4-2-1-3-5-17/h1-9,20H,10-16H2,(H,23,27)(H,25,26). The molecule has 28 heavy (non-hydrogen) atoms. The van der Waals surface area contributed by atoms with E-state index in [-0.39, 0.29) is 17.7 Å². The van der Waals surface area contributed by atoms with E-state index in [1.165, 1.54) is 5.56 Å². The maximum Gasteiger partial charge on any atom is 0.335 e. The van der Waals surface area contributed by atoms with Crippen LogP contribution in [0.5, 0.6) is 0 Å². The van der Waals surface area contributed by atoms with Crippen molar-refractivity contribution in [3.63, 3.8) is 0 Å². The van der Waals surface area contributed by atoms with Crippen LogP contribution in [0.1, 0.15) is 34.3 Å². The molecule has 2 N–H and O–H groups in total. The van der Waals surface area contributed by atoms with Gasteiger partial charge in [-0.25, -0.2) is 9.59 Å². The fraction of sp³-hybridized carbons (Fsp3) is 0.364. The second-order valence-corrected chi connectivity index (χ2v) is 6.95. The van der Waals surface area contributed by atoms with Gasteiger partial charge in [-0.3, -0.25) is 0 Å². The summed E-state index contributed by atoms with van der Waals surface area (Å²) in [6, 6.07) is 16.7. The van der Waals surface area contributed by atoms with E-state index in [2.05, 4.69) is 17.4 Å². The van der Waals surface area contributed by atoms with E-state index >= 15 is 0 Å². The van der Waals surface area contributed by atoms with Crippen molar-refractivity contribution >= 4 is 12.0 Å². The molecule has 148 valence electrons. The molecule has 1 saturated heterocycles. The van der Waals surface area contributed by atoms with E-state index in [0.29, 0.717) is 26.2 Å². The molecule has 0 saturated carbocycles. The van der Waals surface area contributed by atoms with Crippen molar-refractivity contribution in [1.29, 1.82) is 0 Å². The number of carboxylic acids is 1. The van der Waals surface area contributed by atoms with Gasteiger partial charge in [0.2, 0.25) is 0 Å². The zero-order valence-corrected chi connectivity index (χ0v) is 15.8. The number of nitrogens with zero attached hydrogens (tertiary/aromatic N) is 1. The number of urea groups is 1. The van der Waals surface area contributed by atoms with Crippen LogP contribution in [0.25, 0.3) is 0 Å². The third-order valence-electron chi connectivity index (χ3n) is 4.96. The highest BCUT2D eigenvalue weighted by atomic mass is 16.5. The van der Waals surface area contributed by atoms with Gasteiger partial charge in [0.15, 0.2) is 0 Å². The molecule has 6 nitrogen and oxygen atoms in total. The van der Waals surface area contributed by atoms with E-state index in [0.717, 1.165) is 24.8 Å². The fourth-order valence-corrected chi connectivity index (χ4v) is 3.27. The number of aromatic carboxylic acids is 1. The van der Waals surface area contributed by atoms with Crippen LogP contribution < -0.4 is 5.32 Å². The van der Waals surface area contributed by atoms with Crippen LogP contribution >= 0.6 is 0 Å². The Balaban J connectivity index is 1.34. The molecule has 0 aliphatic carbocycles. The monoisotopic (exact) mass is 382 g/mol. The summed E-state index contributed by atoms with van der Waals surface area (Å²) in [5, 5.41) is 11.8. The molecule has 1 fully saturated rings. The Bertz CT molecular complexity index is 769. The lowest BCUT2D eigenvalue weighted by molar-refractivity contribution is 0.0164. The molecule has 2 aromatic rings. The van der Waals surface area contributed by atoms with Crippen molar-refractivity contribution < 1.29 is 19.4 Å². The summed E-state index contributed by atoms with van der Waals surface area (Å²) in [4.78, 5) is 25.0. The van der Waals surface area contributed by atoms with Crippen LogP contribution in [0.2, 0.25) is 0 Å². The summed E-state index contributed by atoms with van der Waals surface area (Å²) in [6.45, 7) is 2.44. The minimum atomic E-state index is -0.954. The number of piperidine rings is 1. The first-order chi connectivity index (χ1) is 13.6. The van der Waals surface area contributed by atoms with Gasteiger partial charge in [-0.2, -0.15) is 0 Å². The molecule has 1 aliphatic rings. The van der Waals surface area contributed by atoms with Gasteiger partial charge in [-0.05, 0) is 42.5 Å². The van der Waals surface area contributed by atoms with Gasteiger partial charge in [-0.15, -0.1) is 0 Å². The first-order valence-corrected chi connectivity index (χ1v) is 9.62. The molecule has 0 radical (unpaired) electrons. The predicted octanol–water partition coefficient (Wildman–Crippen LogP) is 3.32. The average Bonchev–Trinajstić information content (AvgIpc) is 2.73. The van der Waals surface area contributed by atoms with E-state index < -0.39 is 5.97 Å². The predicted molar refractivity (Wildman–Crippen MR) is 106 cm³/mol. The molecule has 0 bridgehead atoms. The number of likely N-dealkylation sites (tertiary alicyclic amines) is 1. The van der Waals surface area contributed by atoms with Crippen LogP contribution in [-0.4, -0.2) is 47.8 Å². The lowest BCUT2D eigenvalue weighted by Gasteiger charge is -2.32. The highest BCUT2D eigenvalue weighted by molar-refractivity contribution is 5.87. The summed E-state index contributed by atoms with van der Waals surface area (Å²) in [6.07, 6.45) is 2.80. The number of carboxylic acid groups (broad SMARTS) is 1. The summed E-state index contributed by atoms with van der Waals surface area (Å²) in [7, 11) is 0. The summed E-state index contributed by atoms with van der Waals surface area (Å²) < 4.78 is 5.97. The molecule has 2 amide bonds. The number of ether oxygens (including phenoxy) is 1. The zero-order valence-electron chi connectivity index (χ0n) is 15.8. The first kappa shape index (κ1) is 19.9. The van der Waals surface area contributed by atoms with Gasteiger partial charge in [0.1, 0.15) is 0 Å². The number of rotatable bonds is 7.